The summed E-state index contributed by atoms with van der Waals surface area (Å²) in [7, 11) is -7.01. The normalized spacial score (nSPS) is 20.3. The molecule has 7 nitrogen and oxygen atoms in total. The summed E-state index contributed by atoms with van der Waals surface area (Å²) in [4.78, 5) is 0.111. The number of ether oxygens (including phenoxy) is 1. The Balaban J connectivity index is 2.05. The molecule has 0 aliphatic carbocycles. The van der Waals surface area contributed by atoms with Crippen molar-refractivity contribution in [1.29, 1.82) is 0 Å². The number of benzene rings is 1. The first-order chi connectivity index (χ1) is 9.79. The highest BCUT2D eigenvalue weighted by Gasteiger charge is 2.19. The van der Waals surface area contributed by atoms with Crippen molar-refractivity contribution in [3.8, 4) is 0 Å². The molecule has 2 N–H and O–H groups in total. The van der Waals surface area contributed by atoms with Gasteiger partial charge >= 0.3 is 0 Å². The summed E-state index contributed by atoms with van der Waals surface area (Å²) in [6, 6.07) is 5.11. The number of rotatable bonds is 5. The Kier molecular flexibility index (Phi) is 4.99. The Morgan fingerprint density at radius 1 is 1.19 bits per heavy atom. The van der Waals surface area contributed by atoms with Gasteiger partial charge in [0.25, 0.3) is 0 Å². The van der Waals surface area contributed by atoms with Gasteiger partial charge in [-0.2, -0.15) is 0 Å². The lowest BCUT2D eigenvalue weighted by atomic mass is 10.3. The van der Waals surface area contributed by atoms with Crippen molar-refractivity contribution < 1.29 is 21.6 Å². The van der Waals surface area contributed by atoms with Gasteiger partial charge in [-0.1, -0.05) is 0 Å². The van der Waals surface area contributed by atoms with E-state index >= 15 is 0 Å². The zero-order chi connectivity index (χ0) is 15.5. The van der Waals surface area contributed by atoms with Crippen LogP contribution in [0.25, 0.3) is 0 Å². The Bertz CT molecular complexity index is 677. The molecule has 0 amide bonds. The standard InChI is InChI=1S/C12H18N2O5S2/c1-20(15,16)11-2-4-12(5-3-11)21(17,18)14-9-10-8-13-6-7-19-10/h2-5,10,13-14H,6-9H2,1H3. The fourth-order valence-corrected chi connectivity index (χ4v) is 3.60. The molecular weight excluding hydrogens is 316 g/mol. The second-order valence-corrected chi connectivity index (χ2v) is 8.58. The van der Waals surface area contributed by atoms with Crippen LogP contribution >= 0.6 is 0 Å². The molecule has 1 atom stereocenters. The van der Waals surface area contributed by atoms with Crippen molar-refractivity contribution in [2.45, 2.75) is 15.9 Å². The van der Waals surface area contributed by atoms with Crippen molar-refractivity contribution >= 4 is 19.9 Å². The van der Waals surface area contributed by atoms with Gasteiger partial charge in [0.05, 0.1) is 22.5 Å². The van der Waals surface area contributed by atoms with Gasteiger partial charge in [-0.15, -0.1) is 0 Å². The van der Waals surface area contributed by atoms with E-state index in [-0.39, 0.29) is 22.4 Å². The highest BCUT2D eigenvalue weighted by Crippen LogP contribution is 2.14. The molecule has 2 rings (SSSR count). The third-order valence-corrected chi connectivity index (χ3v) is 5.64. The zero-order valence-electron chi connectivity index (χ0n) is 11.6. The molecule has 1 aromatic carbocycles. The summed E-state index contributed by atoms with van der Waals surface area (Å²) in [6.45, 7) is 2.07. The van der Waals surface area contributed by atoms with Gasteiger partial charge in [0.2, 0.25) is 10.0 Å². The number of sulfone groups is 1. The van der Waals surface area contributed by atoms with Gasteiger partial charge in [0, 0.05) is 25.9 Å². The van der Waals surface area contributed by atoms with Crippen LogP contribution < -0.4 is 10.0 Å². The summed E-state index contributed by atoms with van der Waals surface area (Å²) in [6.07, 6.45) is 0.867. The molecule has 1 unspecified atom stereocenters. The van der Waals surface area contributed by atoms with E-state index in [0.717, 1.165) is 12.8 Å². The molecule has 0 bridgehead atoms. The summed E-state index contributed by atoms with van der Waals surface area (Å²) >= 11 is 0. The van der Waals surface area contributed by atoms with Crippen LogP contribution in [-0.2, 0) is 24.6 Å². The lowest BCUT2D eigenvalue weighted by Gasteiger charge is -2.23. The largest absolute Gasteiger partial charge is 0.374 e. The predicted octanol–water partition coefficient (Wildman–Crippen LogP) is -0.643. The second kappa shape index (κ2) is 6.41. The van der Waals surface area contributed by atoms with E-state index < -0.39 is 19.9 Å². The maximum atomic E-state index is 12.1. The minimum absolute atomic E-state index is 0.0265. The molecule has 0 saturated carbocycles. The zero-order valence-corrected chi connectivity index (χ0v) is 13.2. The van der Waals surface area contributed by atoms with E-state index in [9.17, 15) is 16.8 Å². The Morgan fingerprint density at radius 2 is 1.81 bits per heavy atom. The molecule has 118 valence electrons. The predicted molar refractivity (Wildman–Crippen MR) is 77.4 cm³/mol. The van der Waals surface area contributed by atoms with E-state index in [0.29, 0.717) is 13.2 Å². The van der Waals surface area contributed by atoms with Gasteiger partial charge in [-0.25, -0.2) is 21.6 Å². The first-order valence-corrected chi connectivity index (χ1v) is 9.78. The number of nitrogens with one attached hydrogen (secondary N) is 2. The van der Waals surface area contributed by atoms with Crippen LogP contribution in [0.1, 0.15) is 0 Å². The fraction of sp³-hybridized carbons (Fsp3) is 0.500. The molecule has 1 aliphatic heterocycles. The average Bonchev–Trinajstić information content (AvgIpc) is 2.46. The average molecular weight is 334 g/mol. The van der Waals surface area contributed by atoms with Crippen molar-refractivity contribution in [1.82, 2.24) is 10.0 Å². The van der Waals surface area contributed by atoms with Crippen LogP contribution in [0.15, 0.2) is 34.1 Å². The Labute approximate surface area is 124 Å². The number of hydrogen-bond donors (Lipinski definition) is 2. The highest BCUT2D eigenvalue weighted by atomic mass is 32.2. The van der Waals surface area contributed by atoms with Crippen molar-refractivity contribution in [3.63, 3.8) is 0 Å². The molecule has 21 heavy (non-hydrogen) atoms. The molecule has 1 aliphatic rings. The minimum Gasteiger partial charge on any atom is -0.374 e. The van der Waals surface area contributed by atoms with Crippen LogP contribution in [0.3, 0.4) is 0 Å². The second-order valence-electron chi connectivity index (χ2n) is 4.79. The van der Waals surface area contributed by atoms with E-state index in [1.807, 2.05) is 0 Å². The number of sulfonamides is 1. The first kappa shape index (κ1) is 16.4. The van der Waals surface area contributed by atoms with Crippen LogP contribution in [0.4, 0.5) is 0 Å². The lowest BCUT2D eigenvalue weighted by molar-refractivity contribution is 0.0324. The van der Waals surface area contributed by atoms with Crippen molar-refractivity contribution in [2.75, 3.05) is 32.5 Å². The highest BCUT2D eigenvalue weighted by molar-refractivity contribution is 7.90. The van der Waals surface area contributed by atoms with Crippen molar-refractivity contribution in [3.05, 3.63) is 24.3 Å². The molecule has 9 heteroatoms. The summed E-state index contributed by atoms with van der Waals surface area (Å²) < 4.78 is 54.7. The molecule has 1 aromatic rings. The molecule has 1 fully saturated rings. The Morgan fingerprint density at radius 3 is 2.33 bits per heavy atom. The van der Waals surface area contributed by atoms with E-state index in [1.54, 1.807) is 0 Å². The van der Waals surface area contributed by atoms with Crippen LogP contribution in [0.2, 0.25) is 0 Å². The number of hydrogen-bond acceptors (Lipinski definition) is 6. The van der Waals surface area contributed by atoms with E-state index in [4.69, 9.17) is 4.74 Å². The quantitative estimate of drug-likeness (QED) is 0.742. The summed E-state index contributed by atoms with van der Waals surface area (Å²) in [5.41, 5.74) is 0. The van der Waals surface area contributed by atoms with E-state index in [1.165, 1.54) is 24.3 Å². The first-order valence-electron chi connectivity index (χ1n) is 6.41. The maximum absolute atomic E-state index is 12.1. The molecule has 0 spiro atoms. The molecular formula is C12H18N2O5S2. The maximum Gasteiger partial charge on any atom is 0.240 e. The van der Waals surface area contributed by atoms with Gasteiger partial charge < -0.3 is 10.1 Å². The molecule has 0 aromatic heterocycles. The van der Waals surface area contributed by atoms with Crippen LogP contribution in [-0.4, -0.2) is 55.4 Å². The monoisotopic (exact) mass is 334 g/mol. The van der Waals surface area contributed by atoms with Crippen LogP contribution in [0, 0.1) is 0 Å². The molecule has 1 saturated heterocycles. The summed E-state index contributed by atoms with van der Waals surface area (Å²) in [5.74, 6) is 0. The van der Waals surface area contributed by atoms with Gasteiger partial charge in [0.1, 0.15) is 0 Å². The smallest absolute Gasteiger partial charge is 0.240 e. The molecule has 0 radical (unpaired) electrons. The van der Waals surface area contributed by atoms with Crippen LogP contribution in [0.5, 0.6) is 0 Å². The molecule has 1 heterocycles. The third-order valence-electron chi connectivity index (χ3n) is 3.07. The van der Waals surface area contributed by atoms with Gasteiger partial charge in [0.15, 0.2) is 9.84 Å². The lowest BCUT2D eigenvalue weighted by Crippen LogP contribution is -2.45. The van der Waals surface area contributed by atoms with Crippen molar-refractivity contribution in [2.24, 2.45) is 0 Å². The summed E-state index contributed by atoms with van der Waals surface area (Å²) in [5, 5.41) is 3.11. The van der Waals surface area contributed by atoms with Gasteiger partial charge in [-0.3, -0.25) is 0 Å². The van der Waals surface area contributed by atoms with E-state index in [2.05, 4.69) is 10.0 Å². The van der Waals surface area contributed by atoms with Gasteiger partial charge in [-0.05, 0) is 24.3 Å². The topological polar surface area (TPSA) is 102 Å². The minimum atomic E-state index is -3.67. The Hall–Kier alpha value is -1.00. The third kappa shape index (κ3) is 4.48. The number of morpholine rings is 1. The SMILES string of the molecule is CS(=O)(=O)c1ccc(S(=O)(=O)NCC2CNCCO2)cc1. The fourth-order valence-electron chi connectivity index (χ4n) is 1.90.